The number of aliphatic hydroxyl groups excluding tert-OH is 1. The second-order valence-corrected chi connectivity index (χ2v) is 6.22. The zero-order valence-electron chi connectivity index (χ0n) is 15.5. The number of hydrogen-bond acceptors (Lipinski definition) is 5. The van der Waals surface area contributed by atoms with Crippen LogP contribution in [0.3, 0.4) is 0 Å². The van der Waals surface area contributed by atoms with Gasteiger partial charge < -0.3 is 19.9 Å². The first-order valence-electron chi connectivity index (χ1n) is 9.03. The van der Waals surface area contributed by atoms with Gasteiger partial charge in [0, 0.05) is 42.4 Å². The standard InChI is InChI=1S/C19H32N2O3/c1-5-16-18-15(8-10-21(16)6-2)19(24-4)14(12-17(18)23-3)13-20-9-7-11-22/h12,16,20,22H,5-11,13H2,1-4H3. The van der Waals surface area contributed by atoms with Gasteiger partial charge in [-0.1, -0.05) is 13.8 Å². The molecule has 0 saturated carbocycles. The van der Waals surface area contributed by atoms with Gasteiger partial charge in [-0.05, 0) is 38.4 Å². The lowest BCUT2D eigenvalue weighted by molar-refractivity contribution is 0.183. The maximum atomic E-state index is 8.92. The molecule has 1 aliphatic rings. The molecule has 0 saturated heterocycles. The second kappa shape index (κ2) is 9.25. The molecule has 0 aliphatic carbocycles. The third-order valence-electron chi connectivity index (χ3n) is 4.93. The van der Waals surface area contributed by atoms with Crippen molar-refractivity contribution in [3.05, 3.63) is 22.8 Å². The van der Waals surface area contributed by atoms with Crippen LogP contribution in [0.4, 0.5) is 0 Å². The number of ether oxygens (including phenoxy) is 2. The molecule has 2 rings (SSSR count). The number of aliphatic hydroxyl groups is 1. The Hall–Kier alpha value is -1.30. The van der Waals surface area contributed by atoms with Gasteiger partial charge in [-0.15, -0.1) is 0 Å². The van der Waals surface area contributed by atoms with Gasteiger partial charge in [0.2, 0.25) is 0 Å². The average molecular weight is 336 g/mol. The molecule has 2 N–H and O–H groups in total. The van der Waals surface area contributed by atoms with Gasteiger partial charge in [-0.25, -0.2) is 0 Å². The van der Waals surface area contributed by atoms with E-state index in [9.17, 15) is 0 Å². The molecule has 1 unspecified atom stereocenters. The minimum Gasteiger partial charge on any atom is -0.496 e. The molecule has 1 atom stereocenters. The Labute approximate surface area is 146 Å². The van der Waals surface area contributed by atoms with Crippen LogP contribution >= 0.6 is 0 Å². The minimum atomic E-state index is 0.211. The fraction of sp³-hybridized carbons (Fsp3) is 0.684. The van der Waals surface area contributed by atoms with E-state index in [-0.39, 0.29) is 6.61 Å². The summed E-state index contributed by atoms with van der Waals surface area (Å²) in [5.41, 5.74) is 3.72. The summed E-state index contributed by atoms with van der Waals surface area (Å²) >= 11 is 0. The lowest BCUT2D eigenvalue weighted by Crippen LogP contribution is -2.35. The van der Waals surface area contributed by atoms with Crippen molar-refractivity contribution < 1.29 is 14.6 Å². The Bertz CT molecular complexity index is 534. The van der Waals surface area contributed by atoms with Crippen molar-refractivity contribution >= 4 is 0 Å². The summed E-state index contributed by atoms with van der Waals surface area (Å²) in [6.07, 6.45) is 2.81. The van der Waals surface area contributed by atoms with Crippen LogP contribution in [0.15, 0.2) is 6.07 Å². The summed E-state index contributed by atoms with van der Waals surface area (Å²) in [5, 5.41) is 12.3. The fourth-order valence-electron chi connectivity index (χ4n) is 3.80. The van der Waals surface area contributed by atoms with E-state index in [0.717, 1.165) is 62.5 Å². The largest absolute Gasteiger partial charge is 0.496 e. The number of nitrogens with zero attached hydrogens (tertiary/aromatic N) is 1. The van der Waals surface area contributed by atoms with Crippen molar-refractivity contribution in [2.24, 2.45) is 0 Å². The van der Waals surface area contributed by atoms with Gasteiger partial charge in [-0.2, -0.15) is 0 Å². The van der Waals surface area contributed by atoms with E-state index < -0.39 is 0 Å². The molecule has 0 bridgehead atoms. The third-order valence-corrected chi connectivity index (χ3v) is 4.93. The smallest absolute Gasteiger partial charge is 0.127 e. The van der Waals surface area contributed by atoms with Crippen LogP contribution < -0.4 is 14.8 Å². The molecular weight excluding hydrogens is 304 g/mol. The number of fused-ring (bicyclic) bond motifs is 1. The topological polar surface area (TPSA) is 54.0 Å². The summed E-state index contributed by atoms with van der Waals surface area (Å²) in [5.74, 6) is 1.96. The Kier molecular flexibility index (Phi) is 7.34. The van der Waals surface area contributed by atoms with Crippen LogP contribution in [0.5, 0.6) is 11.5 Å². The number of rotatable bonds is 9. The van der Waals surface area contributed by atoms with Gasteiger partial charge in [-0.3, -0.25) is 4.90 Å². The third kappa shape index (κ3) is 3.85. The van der Waals surface area contributed by atoms with Crippen LogP contribution in [-0.2, 0) is 13.0 Å². The number of likely N-dealkylation sites (N-methyl/N-ethyl adjacent to an activating group) is 1. The van der Waals surface area contributed by atoms with Gasteiger partial charge in [0.05, 0.1) is 14.2 Å². The Morgan fingerprint density at radius 1 is 1.29 bits per heavy atom. The average Bonchev–Trinajstić information content (AvgIpc) is 2.63. The normalized spacial score (nSPS) is 17.6. The summed E-state index contributed by atoms with van der Waals surface area (Å²) in [4.78, 5) is 2.52. The lowest BCUT2D eigenvalue weighted by Gasteiger charge is -2.38. The number of hydrogen-bond donors (Lipinski definition) is 2. The van der Waals surface area contributed by atoms with E-state index in [1.165, 1.54) is 11.1 Å². The van der Waals surface area contributed by atoms with Crippen molar-refractivity contribution in [3.63, 3.8) is 0 Å². The van der Waals surface area contributed by atoms with Crippen molar-refractivity contribution in [1.82, 2.24) is 10.2 Å². The molecule has 0 amide bonds. The van der Waals surface area contributed by atoms with E-state index in [0.29, 0.717) is 6.04 Å². The van der Waals surface area contributed by atoms with Crippen LogP contribution in [-0.4, -0.2) is 50.5 Å². The molecule has 0 radical (unpaired) electrons. The Balaban J connectivity index is 2.40. The summed E-state index contributed by atoms with van der Waals surface area (Å²) in [7, 11) is 3.51. The van der Waals surface area contributed by atoms with Gasteiger partial charge in [0.25, 0.3) is 0 Å². The second-order valence-electron chi connectivity index (χ2n) is 6.22. The molecule has 1 aromatic rings. The molecule has 1 aromatic carbocycles. The number of methoxy groups -OCH3 is 2. The zero-order chi connectivity index (χ0) is 17.5. The highest BCUT2D eigenvalue weighted by atomic mass is 16.5. The molecule has 1 heterocycles. The highest BCUT2D eigenvalue weighted by Gasteiger charge is 2.31. The first kappa shape index (κ1) is 19.0. The quantitative estimate of drug-likeness (QED) is 0.679. The van der Waals surface area contributed by atoms with Crippen molar-refractivity contribution in [2.45, 2.75) is 45.7 Å². The van der Waals surface area contributed by atoms with Crippen molar-refractivity contribution in [3.8, 4) is 11.5 Å². The molecule has 5 heteroatoms. The highest BCUT2D eigenvalue weighted by molar-refractivity contribution is 5.56. The minimum absolute atomic E-state index is 0.211. The van der Waals surface area contributed by atoms with Crippen molar-refractivity contribution in [2.75, 3.05) is 40.5 Å². The van der Waals surface area contributed by atoms with Gasteiger partial charge in [0.15, 0.2) is 0 Å². The summed E-state index contributed by atoms with van der Waals surface area (Å²) in [6.45, 7) is 8.29. The molecule has 24 heavy (non-hydrogen) atoms. The number of nitrogens with one attached hydrogen (secondary N) is 1. The molecule has 136 valence electrons. The van der Waals surface area contributed by atoms with E-state index in [1.54, 1.807) is 14.2 Å². The van der Waals surface area contributed by atoms with Crippen LogP contribution in [0.2, 0.25) is 0 Å². The SMILES string of the molecule is CCC1c2c(OC)cc(CNCCCO)c(OC)c2CCN1CC. The molecule has 0 aromatic heterocycles. The first-order chi connectivity index (χ1) is 11.7. The molecule has 5 nitrogen and oxygen atoms in total. The monoisotopic (exact) mass is 336 g/mol. The number of benzene rings is 1. The van der Waals surface area contributed by atoms with Crippen LogP contribution in [0.25, 0.3) is 0 Å². The zero-order valence-corrected chi connectivity index (χ0v) is 15.5. The fourth-order valence-corrected chi connectivity index (χ4v) is 3.80. The summed E-state index contributed by atoms with van der Waals surface area (Å²) < 4.78 is 11.6. The lowest BCUT2D eigenvalue weighted by atomic mass is 9.87. The maximum Gasteiger partial charge on any atom is 0.127 e. The van der Waals surface area contributed by atoms with E-state index in [4.69, 9.17) is 14.6 Å². The van der Waals surface area contributed by atoms with Crippen LogP contribution in [0.1, 0.15) is 49.4 Å². The van der Waals surface area contributed by atoms with Crippen LogP contribution in [0, 0.1) is 0 Å². The predicted octanol–water partition coefficient (Wildman–Crippen LogP) is 2.50. The van der Waals surface area contributed by atoms with E-state index in [2.05, 4.69) is 30.1 Å². The van der Waals surface area contributed by atoms with Crippen molar-refractivity contribution in [1.29, 1.82) is 0 Å². The van der Waals surface area contributed by atoms with E-state index in [1.807, 2.05) is 0 Å². The Morgan fingerprint density at radius 3 is 2.67 bits per heavy atom. The first-order valence-corrected chi connectivity index (χ1v) is 9.03. The van der Waals surface area contributed by atoms with E-state index >= 15 is 0 Å². The highest BCUT2D eigenvalue weighted by Crippen LogP contribution is 2.44. The summed E-state index contributed by atoms with van der Waals surface area (Å²) in [6, 6.07) is 2.50. The van der Waals surface area contributed by atoms with Gasteiger partial charge >= 0.3 is 0 Å². The molecule has 1 aliphatic heterocycles. The molecule has 0 spiro atoms. The molecular formula is C19H32N2O3. The Morgan fingerprint density at radius 2 is 2.08 bits per heavy atom. The predicted molar refractivity (Wildman–Crippen MR) is 96.9 cm³/mol. The van der Waals surface area contributed by atoms with Gasteiger partial charge in [0.1, 0.15) is 11.5 Å². The maximum absolute atomic E-state index is 8.92. The molecule has 0 fully saturated rings.